The smallest absolute Gasteiger partial charge is 0.266 e. The summed E-state index contributed by atoms with van der Waals surface area (Å²) < 4.78 is 5.98. The summed E-state index contributed by atoms with van der Waals surface area (Å²) in [4.78, 5) is 25.8. The number of amides is 1. The van der Waals surface area contributed by atoms with Gasteiger partial charge in [-0.2, -0.15) is 0 Å². The molecule has 0 radical (unpaired) electrons. The molecule has 0 aromatic carbocycles. The number of halogens is 1. The number of hydrogen-bond acceptors (Lipinski definition) is 3. The Labute approximate surface area is 128 Å². The summed E-state index contributed by atoms with van der Waals surface area (Å²) in [7, 11) is 0. The molecule has 0 unspecified atom stereocenters. The Morgan fingerprint density at radius 1 is 1.38 bits per heavy atom. The van der Waals surface area contributed by atoms with Gasteiger partial charge in [0.2, 0.25) is 0 Å². The molecule has 1 aromatic heterocycles. The number of H-pyrrole nitrogens is 1. The molecule has 6 heteroatoms. The molecule has 2 N–H and O–H groups in total. The van der Waals surface area contributed by atoms with Crippen molar-refractivity contribution in [2.75, 3.05) is 6.61 Å². The van der Waals surface area contributed by atoms with Crippen LogP contribution in [-0.2, 0) is 4.74 Å². The average molecular weight is 311 g/mol. The number of ether oxygens (including phenoxy) is 1. The fraction of sp³-hybridized carbons (Fsp3) is 0.600. The highest BCUT2D eigenvalue weighted by atomic mass is 35.5. The van der Waals surface area contributed by atoms with Gasteiger partial charge in [-0.15, -0.1) is 0 Å². The molecule has 1 aliphatic carbocycles. The van der Waals surface area contributed by atoms with Crippen molar-refractivity contribution in [1.29, 1.82) is 0 Å². The van der Waals surface area contributed by atoms with Gasteiger partial charge in [-0.25, -0.2) is 0 Å². The summed E-state index contributed by atoms with van der Waals surface area (Å²) in [6, 6.07) is 1.42. The molecule has 1 aromatic rings. The van der Waals surface area contributed by atoms with Crippen molar-refractivity contribution in [3.05, 3.63) is 33.2 Å². The van der Waals surface area contributed by atoms with E-state index in [2.05, 4.69) is 10.3 Å². The van der Waals surface area contributed by atoms with Crippen LogP contribution in [0.15, 0.2) is 17.1 Å². The first kappa shape index (κ1) is 14.6. The first-order valence-electron chi connectivity index (χ1n) is 7.41. The minimum Gasteiger partial charge on any atom is -0.373 e. The maximum Gasteiger partial charge on any atom is 0.266 e. The molecular weight excluding hydrogens is 292 g/mol. The van der Waals surface area contributed by atoms with Crippen molar-refractivity contribution in [1.82, 2.24) is 10.3 Å². The third-order valence-corrected chi connectivity index (χ3v) is 4.71. The van der Waals surface area contributed by atoms with Crippen molar-refractivity contribution in [3.8, 4) is 0 Å². The van der Waals surface area contributed by atoms with Crippen LogP contribution in [0.4, 0.5) is 0 Å². The molecule has 5 nitrogen and oxygen atoms in total. The zero-order valence-corrected chi connectivity index (χ0v) is 12.5. The lowest BCUT2D eigenvalue weighted by molar-refractivity contribution is -0.0246. The Morgan fingerprint density at radius 2 is 2.14 bits per heavy atom. The number of pyridine rings is 1. The van der Waals surface area contributed by atoms with Gasteiger partial charge in [0.25, 0.3) is 11.5 Å². The molecule has 2 aliphatic rings. The number of carbonyl (C=O) groups excluding carboxylic acids is 1. The lowest BCUT2D eigenvalue weighted by atomic mass is 9.82. The Balaban J connectivity index is 1.63. The minimum atomic E-state index is -0.390. The quantitative estimate of drug-likeness (QED) is 0.880. The Morgan fingerprint density at radius 3 is 2.86 bits per heavy atom. The highest BCUT2D eigenvalue weighted by Gasteiger charge is 2.41. The van der Waals surface area contributed by atoms with E-state index >= 15 is 0 Å². The summed E-state index contributed by atoms with van der Waals surface area (Å²) in [6.45, 7) is 0.558. The fourth-order valence-corrected chi connectivity index (χ4v) is 3.51. The molecule has 2 fully saturated rings. The second-order valence-corrected chi connectivity index (χ2v) is 6.40. The molecule has 1 spiro atoms. The summed E-state index contributed by atoms with van der Waals surface area (Å²) in [5.41, 5.74) is -0.0541. The van der Waals surface area contributed by atoms with E-state index in [1.807, 2.05) is 0 Å². The maximum absolute atomic E-state index is 12.2. The first-order valence-corrected chi connectivity index (χ1v) is 7.79. The van der Waals surface area contributed by atoms with Crippen molar-refractivity contribution in [3.63, 3.8) is 0 Å². The molecule has 1 saturated heterocycles. The van der Waals surface area contributed by atoms with Crippen LogP contribution in [0, 0.1) is 0 Å². The van der Waals surface area contributed by atoms with E-state index in [-0.39, 0.29) is 22.6 Å². The van der Waals surface area contributed by atoms with Gasteiger partial charge in [-0.05, 0) is 25.3 Å². The number of hydrogen-bond donors (Lipinski definition) is 2. The van der Waals surface area contributed by atoms with Crippen molar-refractivity contribution >= 4 is 17.5 Å². The predicted octanol–water partition coefficient (Wildman–Crippen LogP) is 2.25. The van der Waals surface area contributed by atoms with Crippen molar-refractivity contribution in [2.24, 2.45) is 0 Å². The van der Waals surface area contributed by atoms with Crippen LogP contribution in [0.2, 0.25) is 5.02 Å². The van der Waals surface area contributed by atoms with E-state index in [0.29, 0.717) is 12.2 Å². The Hall–Kier alpha value is -1.33. The minimum absolute atomic E-state index is 0.0223. The zero-order chi connectivity index (χ0) is 14.9. The Kier molecular flexibility index (Phi) is 4.04. The topological polar surface area (TPSA) is 71.2 Å². The van der Waals surface area contributed by atoms with Crippen LogP contribution in [0.5, 0.6) is 0 Å². The van der Waals surface area contributed by atoms with Gasteiger partial charge < -0.3 is 15.0 Å². The highest BCUT2D eigenvalue weighted by molar-refractivity contribution is 6.30. The average Bonchev–Trinajstić information content (AvgIpc) is 2.85. The number of aromatic nitrogens is 1. The van der Waals surface area contributed by atoms with Gasteiger partial charge in [0, 0.05) is 6.20 Å². The van der Waals surface area contributed by atoms with Crippen LogP contribution in [-0.4, -0.2) is 29.1 Å². The molecule has 1 saturated carbocycles. The third kappa shape index (κ3) is 3.14. The van der Waals surface area contributed by atoms with E-state index < -0.39 is 5.56 Å². The van der Waals surface area contributed by atoms with E-state index in [1.165, 1.54) is 31.5 Å². The summed E-state index contributed by atoms with van der Waals surface area (Å²) >= 11 is 5.74. The standard InChI is InChI=1S/C15H19ClN2O3/c16-12-6-10(8-17-14(12)20)13(19)18-11-7-15(21-9-11)4-2-1-3-5-15/h6,8,11H,1-5,7,9H2,(H,17,20)(H,18,19)/t11-/m0/s1. The molecule has 1 amide bonds. The molecule has 21 heavy (non-hydrogen) atoms. The highest BCUT2D eigenvalue weighted by Crippen LogP contribution is 2.39. The molecule has 0 bridgehead atoms. The first-order chi connectivity index (χ1) is 10.1. The summed E-state index contributed by atoms with van der Waals surface area (Å²) in [6.07, 6.45) is 8.11. The molecular formula is C15H19ClN2O3. The lowest BCUT2D eigenvalue weighted by Crippen LogP contribution is -2.37. The summed E-state index contributed by atoms with van der Waals surface area (Å²) in [5.74, 6) is -0.227. The van der Waals surface area contributed by atoms with Gasteiger partial charge >= 0.3 is 0 Å². The molecule has 2 heterocycles. The molecule has 1 aliphatic heterocycles. The zero-order valence-electron chi connectivity index (χ0n) is 11.8. The van der Waals surface area contributed by atoms with Gasteiger partial charge in [0.05, 0.1) is 23.8 Å². The van der Waals surface area contributed by atoms with Gasteiger partial charge in [-0.1, -0.05) is 30.9 Å². The van der Waals surface area contributed by atoms with Gasteiger partial charge in [-0.3, -0.25) is 9.59 Å². The normalized spacial score (nSPS) is 24.1. The van der Waals surface area contributed by atoms with E-state index in [4.69, 9.17) is 16.3 Å². The van der Waals surface area contributed by atoms with Crippen LogP contribution in [0.25, 0.3) is 0 Å². The third-order valence-electron chi connectivity index (χ3n) is 4.43. The van der Waals surface area contributed by atoms with Gasteiger partial charge in [0.15, 0.2) is 0 Å². The fourth-order valence-electron chi connectivity index (χ4n) is 3.34. The maximum atomic E-state index is 12.2. The molecule has 1 atom stereocenters. The number of aromatic amines is 1. The van der Waals surface area contributed by atoms with Crippen molar-refractivity contribution < 1.29 is 9.53 Å². The van der Waals surface area contributed by atoms with Crippen LogP contribution in [0.3, 0.4) is 0 Å². The summed E-state index contributed by atoms with van der Waals surface area (Å²) in [5, 5.41) is 2.99. The van der Waals surface area contributed by atoms with Crippen LogP contribution < -0.4 is 10.9 Å². The predicted molar refractivity (Wildman–Crippen MR) is 79.7 cm³/mol. The monoisotopic (exact) mass is 310 g/mol. The number of nitrogens with one attached hydrogen (secondary N) is 2. The van der Waals surface area contributed by atoms with Crippen LogP contribution in [0.1, 0.15) is 48.9 Å². The largest absolute Gasteiger partial charge is 0.373 e. The number of rotatable bonds is 2. The van der Waals surface area contributed by atoms with E-state index in [9.17, 15) is 9.59 Å². The van der Waals surface area contributed by atoms with E-state index in [0.717, 1.165) is 19.3 Å². The second-order valence-electron chi connectivity index (χ2n) is 5.99. The SMILES string of the molecule is O=C(N[C@@H]1COC2(CCCCC2)C1)c1c[nH]c(=O)c(Cl)c1. The number of carbonyl (C=O) groups is 1. The Bertz CT molecular complexity index is 593. The van der Waals surface area contributed by atoms with Gasteiger partial charge in [0.1, 0.15) is 5.02 Å². The van der Waals surface area contributed by atoms with Crippen LogP contribution >= 0.6 is 11.6 Å². The van der Waals surface area contributed by atoms with E-state index in [1.54, 1.807) is 0 Å². The van der Waals surface area contributed by atoms with Crippen molar-refractivity contribution in [2.45, 2.75) is 50.2 Å². The molecule has 3 rings (SSSR count). The lowest BCUT2D eigenvalue weighted by Gasteiger charge is -2.32. The molecule has 114 valence electrons. The second kappa shape index (κ2) is 5.81.